The van der Waals surface area contributed by atoms with Gasteiger partial charge in [0.1, 0.15) is 0 Å². The van der Waals surface area contributed by atoms with Crippen LogP contribution in [0.5, 0.6) is 0 Å². The monoisotopic (exact) mass is 510 g/mol. The van der Waals surface area contributed by atoms with Gasteiger partial charge < -0.3 is 19.7 Å². The van der Waals surface area contributed by atoms with Gasteiger partial charge in [0.25, 0.3) is 0 Å². The predicted molar refractivity (Wildman–Crippen MR) is 141 cm³/mol. The molecule has 0 saturated carbocycles. The summed E-state index contributed by atoms with van der Waals surface area (Å²) in [4.78, 5) is 39.2. The zero-order valence-electron chi connectivity index (χ0n) is 19.9. The van der Waals surface area contributed by atoms with Crippen LogP contribution in [-0.4, -0.2) is 69.3 Å². The van der Waals surface area contributed by atoms with Gasteiger partial charge in [0.2, 0.25) is 11.9 Å². The summed E-state index contributed by atoms with van der Waals surface area (Å²) in [6, 6.07) is 11.1. The average Bonchev–Trinajstić information content (AvgIpc) is 3.38. The number of hydrogen-bond acceptors (Lipinski definition) is 7. The molecule has 0 spiro atoms. The summed E-state index contributed by atoms with van der Waals surface area (Å²) in [5.74, 6) is 0.280. The van der Waals surface area contributed by atoms with E-state index in [1.807, 2.05) is 53.8 Å². The molecular formula is C25H27ClN6O2S. The number of likely N-dealkylation sites (N-methyl/N-ethyl adjacent to an activating group) is 1. The number of carbonyl (C=O) groups is 2. The first-order valence-electron chi connectivity index (χ1n) is 11.6. The molecule has 1 aliphatic rings. The van der Waals surface area contributed by atoms with Crippen LogP contribution < -0.4 is 5.32 Å². The molecule has 1 aliphatic heterocycles. The maximum atomic E-state index is 13.0. The van der Waals surface area contributed by atoms with Gasteiger partial charge in [-0.2, -0.15) is 0 Å². The zero-order chi connectivity index (χ0) is 24.7. The Morgan fingerprint density at radius 3 is 2.60 bits per heavy atom. The van der Waals surface area contributed by atoms with E-state index in [0.717, 1.165) is 28.8 Å². The molecule has 0 unspecified atom stereocenters. The molecule has 1 fully saturated rings. The number of ketones is 1. The number of nitrogens with one attached hydrogen (secondary N) is 1. The zero-order valence-corrected chi connectivity index (χ0v) is 21.5. The van der Waals surface area contributed by atoms with E-state index in [-0.39, 0.29) is 24.0 Å². The molecular weight excluding hydrogens is 484 g/mol. The van der Waals surface area contributed by atoms with E-state index in [1.54, 1.807) is 6.07 Å². The number of aromatic nitrogens is 3. The van der Waals surface area contributed by atoms with Gasteiger partial charge in [-0.1, -0.05) is 29.9 Å². The summed E-state index contributed by atoms with van der Waals surface area (Å²) in [6.45, 7) is 5.00. The highest BCUT2D eigenvalue weighted by molar-refractivity contribution is 7.22. The summed E-state index contributed by atoms with van der Waals surface area (Å²) < 4.78 is 2.93. The highest BCUT2D eigenvalue weighted by Gasteiger charge is 2.26. The Hall–Kier alpha value is -3.01. The van der Waals surface area contributed by atoms with Crippen LogP contribution in [0.4, 0.5) is 11.1 Å². The summed E-state index contributed by atoms with van der Waals surface area (Å²) in [5, 5.41) is 4.67. The molecule has 10 heteroatoms. The number of amides is 1. The van der Waals surface area contributed by atoms with Crippen molar-refractivity contribution < 1.29 is 9.59 Å². The van der Waals surface area contributed by atoms with Crippen molar-refractivity contribution in [1.29, 1.82) is 0 Å². The van der Waals surface area contributed by atoms with E-state index < -0.39 is 0 Å². The largest absolute Gasteiger partial charge is 0.340 e. The third kappa shape index (κ3) is 4.89. The maximum absolute atomic E-state index is 13.0. The third-order valence-corrected chi connectivity index (χ3v) is 7.67. The van der Waals surface area contributed by atoms with Crippen LogP contribution in [0.3, 0.4) is 0 Å². The Labute approximate surface area is 212 Å². The minimum Gasteiger partial charge on any atom is -0.340 e. The van der Waals surface area contributed by atoms with Crippen molar-refractivity contribution in [3.63, 3.8) is 0 Å². The van der Waals surface area contributed by atoms with Gasteiger partial charge in [-0.05, 0) is 43.4 Å². The fraction of sp³-hybridized carbons (Fsp3) is 0.360. The van der Waals surface area contributed by atoms with Crippen LogP contribution in [0.2, 0.25) is 5.02 Å². The average molecular weight is 511 g/mol. The van der Waals surface area contributed by atoms with Gasteiger partial charge in [0.05, 0.1) is 21.3 Å². The van der Waals surface area contributed by atoms with Gasteiger partial charge in [-0.3, -0.25) is 9.59 Å². The molecule has 1 N–H and O–H groups in total. The number of aryl methyl sites for hydroxylation is 1. The van der Waals surface area contributed by atoms with Crippen LogP contribution in [0.1, 0.15) is 23.7 Å². The number of fused-ring (bicyclic) bond motifs is 2. The summed E-state index contributed by atoms with van der Waals surface area (Å²) >= 11 is 7.59. The number of thiazole rings is 1. The molecule has 4 aromatic rings. The smallest absolute Gasteiger partial charge is 0.225 e. The number of carbonyl (C=O) groups excluding carboxylic acids is 2. The van der Waals surface area contributed by atoms with Crippen LogP contribution in [0.25, 0.3) is 21.3 Å². The molecule has 8 nitrogen and oxygen atoms in total. The molecule has 35 heavy (non-hydrogen) atoms. The van der Waals surface area contributed by atoms with E-state index in [9.17, 15) is 9.59 Å². The molecule has 3 heterocycles. The number of Topliss-reactive ketones (excluding diaryl/α,β-unsaturated/α-hetero) is 1. The number of benzene rings is 2. The van der Waals surface area contributed by atoms with Crippen molar-refractivity contribution in [3.05, 3.63) is 47.0 Å². The van der Waals surface area contributed by atoms with E-state index in [0.29, 0.717) is 40.3 Å². The lowest BCUT2D eigenvalue weighted by atomic mass is 9.98. The number of rotatable bonds is 6. The molecule has 2 aromatic carbocycles. The number of anilines is 2. The summed E-state index contributed by atoms with van der Waals surface area (Å²) in [5.41, 5.74) is 3.04. The van der Waals surface area contributed by atoms with Crippen molar-refractivity contribution in [3.8, 4) is 0 Å². The normalized spacial score (nSPS) is 15.6. The van der Waals surface area contributed by atoms with E-state index in [1.165, 1.54) is 11.3 Å². The van der Waals surface area contributed by atoms with Gasteiger partial charge in [-0.15, -0.1) is 0 Å². The minimum absolute atomic E-state index is 0.0500. The molecule has 1 amide bonds. The van der Waals surface area contributed by atoms with Gasteiger partial charge >= 0.3 is 0 Å². The van der Waals surface area contributed by atoms with E-state index >= 15 is 0 Å². The highest BCUT2D eigenvalue weighted by atomic mass is 35.5. The lowest BCUT2D eigenvalue weighted by molar-refractivity contribution is -0.136. The number of nitrogens with zero attached hydrogens (tertiary/aromatic N) is 5. The first kappa shape index (κ1) is 23.7. The van der Waals surface area contributed by atoms with Gasteiger partial charge in [0, 0.05) is 56.2 Å². The van der Waals surface area contributed by atoms with Crippen LogP contribution in [0, 0.1) is 5.92 Å². The second kappa shape index (κ2) is 9.56. The summed E-state index contributed by atoms with van der Waals surface area (Å²) in [7, 11) is 3.97. The highest BCUT2D eigenvalue weighted by Crippen LogP contribution is 2.31. The van der Waals surface area contributed by atoms with E-state index in [2.05, 4.69) is 22.2 Å². The standard InChI is InChI=1S/C25H27ClN6O2S/c1-15(23(34)32-10-8-30(2)9-11-32)12-21(33)16-4-7-20-19(13-16)27-24(31(20)3)29-25-28-18-6-5-17(26)14-22(18)35-25/h4-7,13-15H,8-12H2,1-3H3,(H,27,28,29)/t15-/m1/s1. The van der Waals surface area contributed by atoms with Crippen molar-refractivity contribution in [1.82, 2.24) is 24.3 Å². The van der Waals surface area contributed by atoms with Crippen LogP contribution >= 0.6 is 22.9 Å². The second-order valence-electron chi connectivity index (χ2n) is 9.11. The number of imidazole rings is 1. The Balaban J connectivity index is 1.30. The van der Waals surface area contributed by atoms with Crippen LogP contribution in [-0.2, 0) is 11.8 Å². The Morgan fingerprint density at radius 1 is 1.06 bits per heavy atom. The molecule has 182 valence electrons. The maximum Gasteiger partial charge on any atom is 0.225 e. The fourth-order valence-corrected chi connectivity index (χ4v) is 5.49. The number of halogens is 1. The molecule has 1 saturated heterocycles. The van der Waals surface area contributed by atoms with E-state index in [4.69, 9.17) is 16.6 Å². The third-order valence-electron chi connectivity index (χ3n) is 6.50. The van der Waals surface area contributed by atoms with Gasteiger partial charge in [-0.25, -0.2) is 9.97 Å². The predicted octanol–water partition coefficient (Wildman–Crippen LogP) is 4.56. The SMILES string of the molecule is C[C@H](CC(=O)c1ccc2c(c1)nc(Nc1nc3ccc(Cl)cc3s1)n2C)C(=O)N1CCN(C)CC1. The number of piperazine rings is 1. The molecule has 5 rings (SSSR count). The Morgan fingerprint density at radius 2 is 1.83 bits per heavy atom. The van der Waals surface area contributed by atoms with Crippen molar-refractivity contribution in [2.75, 3.05) is 38.5 Å². The minimum atomic E-state index is -0.352. The molecule has 0 bridgehead atoms. The Bertz CT molecular complexity index is 1420. The lowest BCUT2D eigenvalue weighted by Crippen LogP contribution is -2.48. The lowest BCUT2D eigenvalue weighted by Gasteiger charge is -2.33. The van der Waals surface area contributed by atoms with Crippen molar-refractivity contribution in [2.24, 2.45) is 13.0 Å². The van der Waals surface area contributed by atoms with Crippen molar-refractivity contribution in [2.45, 2.75) is 13.3 Å². The molecule has 0 radical (unpaired) electrons. The fourth-order valence-electron chi connectivity index (χ4n) is 4.35. The molecule has 0 aliphatic carbocycles. The second-order valence-corrected chi connectivity index (χ2v) is 10.6. The van der Waals surface area contributed by atoms with Gasteiger partial charge in [0.15, 0.2) is 10.9 Å². The number of hydrogen-bond donors (Lipinski definition) is 1. The topological polar surface area (TPSA) is 83.4 Å². The van der Waals surface area contributed by atoms with Crippen molar-refractivity contribution >= 4 is 67.0 Å². The van der Waals surface area contributed by atoms with Crippen LogP contribution in [0.15, 0.2) is 36.4 Å². The quantitative estimate of drug-likeness (QED) is 0.383. The first-order valence-corrected chi connectivity index (χ1v) is 12.8. The first-order chi connectivity index (χ1) is 16.8. The molecule has 2 aromatic heterocycles. The summed E-state index contributed by atoms with van der Waals surface area (Å²) in [6.07, 6.45) is 0.183. The Kier molecular flexibility index (Phi) is 6.48. The molecule has 1 atom stereocenters.